The summed E-state index contributed by atoms with van der Waals surface area (Å²) in [6.45, 7) is 0.538. The number of benzene rings is 2. The molecule has 0 unspecified atom stereocenters. The highest BCUT2D eigenvalue weighted by molar-refractivity contribution is 6.17. The van der Waals surface area contributed by atoms with Crippen molar-refractivity contribution >= 4 is 11.7 Å². The summed E-state index contributed by atoms with van der Waals surface area (Å²) in [4.78, 5) is 17.6. The number of carbonyl (C=O) groups is 1. The molecule has 1 amide bonds. The van der Waals surface area contributed by atoms with Gasteiger partial charge in [0.1, 0.15) is 17.0 Å². The van der Waals surface area contributed by atoms with Crippen LogP contribution in [0.25, 0.3) is 0 Å². The van der Waals surface area contributed by atoms with Crippen molar-refractivity contribution in [2.45, 2.75) is 30.6 Å². The first-order chi connectivity index (χ1) is 12.2. The number of nitrogens with one attached hydrogen (secondary N) is 1. The van der Waals surface area contributed by atoms with Crippen molar-refractivity contribution in [1.29, 1.82) is 0 Å². The van der Waals surface area contributed by atoms with Crippen LogP contribution in [0.2, 0.25) is 0 Å². The molecule has 1 saturated carbocycles. The minimum absolute atomic E-state index is 0.00398. The molecule has 5 rings (SSSR count). The zero-order valence-electron chi connectivity index (χ0n) is 14.2. The Labute approximate surface area is 146 Å². The second-order valence-electron chi connectivity index (χ2n) is 7.11. The molecule has 1 fully saturated rings. The average Bonchev–Trinajstić information content (AvgIpc) is 3.50. The summed E-state index contributed by atoms with van der Waals surface area (Å²) >= 11 is 0. The van der Waals surface area contributed by atoms with Crippen LogP contribution in [0.4, 0.5) is 0 Å². The van der Waals surface area contributed by atoms with Crippen LogP contribution in [0.15, 0.2) is 47.5 Å². The predicted octanol–water partition coefficient (Wildman–Crippen LogP) is 3.14. The molecule has 2 aromatic rings. The van der Waals surface area contributed by atoms with E-state index in [0.29, 0.717) is 24.8 Å². The number of aliphatic imine (C=N–C) groups is 1. The first-order valence-corrected chi connectivity index (χ1v) is 8.89. The summed E-state index contributed by atoms with van der Waals surface area (Å²) in [5, 5.41) is 3.04. The number of hydrogen-bond donors (Lipinski definition) is 1. The Morgan fingerprint density at radius 3 is 2.80 bits per heavy atom. The Hall–Kier alpha value is -2.62. The van der Waals surface area contributed by atoms with Crippen LogP contribution >= 0.6 is 0 Å². The van der Waals surface area contributed by atoms with E-state index >= 15 is 0 Å². The van der Waals surface area contributed by atoms with Gasteiger partial charge in [-0.1, -0.05) is 36.4 Å². The second-order valence-corrected chi connectivity index (χ2v) is 7.11. The summed E-state index contributed by atoms with van der Waals surface area (Å²) in [6, 6.07) is 14.5. The lowest BCUT2D eigenvalue weighted by molar-refractivity contribution is -0.125. The molecule has 1 N–H and O–H groups in total. The van der Waals surface area contributed by atoms with Crippen molar-refractivity contribution in [2.75, 3.05) is 13.7 Å². The Bertz CT molecular complexity index is 914. The number of rotatable bonds is 1. The fourth-order valence-corrected chi connectivity index (χ4v) is 4.28. The van der Waals surface area contributed by atoms with Crippen molar-refractivity contribution in [1.82, 2.24) is 5.32 Å². The molecule has 0 bridgehead atoms. The maximum atomic E-state index is 13.3. The molecule has 1 spiro atoms. The number of amides is 1. The number of nitrogens with zero attached hydrogens (tertiary/aromatic N) is 1. The summed E-state index contributed by atoms with van der Waals surface area (Å²) in [7, 11) is 1.73. The lowest BCUT2D eigenvalue weighted by atomic mass is 9.66. The third kappa shape index (κ3) is 2.00. The molecule has 2 aliphatic heterocycles. The van der Waals surface area contributed by atoms with E-state index in [1.807, 2.05) is 24.3 Å². The third-order valence-corrected chi connectivity index (χ3v) is 5.73. The third-order valence-electron chi connectivity index (χ3n) is 5.73. The van der Waals surface area contributed by atoms with E-state index in [1.54, 1.807) is 7.05 Å². The number of ether oxygens (including phenoxy) is 1. The summed E-state index contributed by atoms with van der Waals surface area (Å²) in [6.07, 6.45) is 3.13. The summed E-state index contributed by atoms with van der Waals surface area (Å²) in [5.41, 5.74) is 3.72. The van der Waals surface area contributed by atoms with Crippen LogP contribution in [0.5, 0.6) is 5.75 Å². The van der Waals surface area contributed by atoms with Gasteiger partial charge in [-0.2, -0.15) is 0 Å². The van der Waals surface area contributed by atoms with Gasteiger partial charge in [0.2, 0.25) is 5.91 Å². The van der Waals surface area contributed by atoms with E-state index in [1.165, 1.54) is 18.4 Å². The fraction of sp³-hybridized carbons (Fsp3) is 0.333. The molecule has 0 radical (unpaired) electrons. The minimum atomic E-state index is -0.691. The van der Waals surface area contributed by atoms with Gasteiger partial charge in [0.05, 0.1) is 6.61 Å². The van der Waals surface area contributed by atoms with Crippen molar-refractivity contribution in [2.24, 2.45) is 4.99 Å². The molecule has 1 atom stereocenters. The van der Waals surface area contributed by atoms with Gasteiger partial charge in [0.15, 0.2) is 0 Å². The fourth-order valence-electron chi connectivity index (χ4n) is 4.28. The molecule has 2 heterocycles. The molecular weight excluding hydrogens is 312 g/mol. The van der Waals surface area contributed by atoms with Crippen LogP contribution in [0, 0.1) is 0 Å². The van der Waals surface area contributed by atoms with Gasteiger partial charge in [-0.25, -0.2) is 0 Å². The van der Waals surface area contributed by atoms with Crippen LogP contribution in [0.3, 0.4) is 0 Å². The number of amidine groups is 1. The van der Waals surface area contributed by atoms with Gasteiger partial charge >= 0.3 is 0 Å². The Morgan fingerprint density at radius 2 is 2.00 bits per heavy atom. The molecule has 126 valence electrons. The van der Waals surface area contributed by atoms with Gasteiger partial charge in [0.25, 0.3) is 0 Å². The molecule has 4 nitrogen and oxygen atoms in total. The normalized spacial score (nSPS) is 26.0. The molecular formula is C21H20N2O2. The van der Waals surface area contributed by atoms with Crippen molar-refractivity contribution in [3.63, 3.8) is 0 Å². The molecule has 3 aliphatic rings. The quantitative estimate of drug-likeness (QED) is 0.872. The first kappa shape index (κ1) is 14.7. The van der Waals surface area contributed by atoms with Crippen molar-refractivity contribution < 1.29 is 9.53 Å². The van der Waals surface area contributed by atoms with Gasteiger partial charge < -0.3 is 10.1 Å². The zero-order chi connectivity index (χ0) is 17.0. The molecule has 4 heteroatoms. The molecule has 0 saturated heterocycles. The van der Waals surface area contributed by atoms with E-state index in [-0.39, 0.29) is 5.91 Å². The molecule has 1 aliphatic carbocycles. The SMILES string of the molecule is CN=C1NC(=O)[C@@]2(CCOc3ccccc32)c2cc(C3CC3)ccc21. The van der Waals surface area contributed by atoms with E-state index < -0.39 is 5.41 Å². The van der Waals surface area contributed by atoms with Gasteiger partial charge in [0, 0.05) is 24.6 Å². The average molecular weight is 332 g/mol. The molecule has 0 aromatic heterocycles. The maximum Gasteiger partial charge on any atom is 0.240 e. The highest BCUT2D eigenvalue weighted by Crippen LogP contribution is 2.49. The topological polar surface area (TPSA) is 50.7 Å². The van der Waals surface area contributed by atoms with E-state index in [9.17, 15) is 4.79 Å². The van der Waals surface area contributed by atoms with Crippen LogP contribution in [-0.2, 0) is 10.2 Å². The highest BCUT2D eigenvalue weighted by atomic mass is 16.5. The Kier molecular flexibility index (Phi) is 3.05. The number of para-hydroxylation sites is 1. The standard InChI is InChI=1S/C21H20N2O2/c1-22-19-15-9-8-14(13-6-7-13)12-17(15)21(20(24)23-19)10-11-25-18-5-3-2-4-16(18)21/h2-5,8-9,12-13H,6-7,10-11H2,1H3,(H,22,23,24)/t21-/m1/s1. The monoisotopic (exact) mass is 332 g/mol. The first-order valence-electron chi connectivity index (χ1n) is 8.89. The number of hydrogen-bond acceptors (Lipinski definition) is 3. The smallest absolute Gasteiger partial charge is 0.240 e. The van der Waals surface area contributed by atoms with E-state index in [4.69, 9.17) is 4.74 Å². The van der Waals surface area contributed by atoms with E-state index in [0.717, 1.165) is 22.4 Å². The van der Waals surface area contributed by atoms with Crippen molar-refractivity contribution in [3.8, 4) is 5.75 Å². The van der Waals surface area contributed by atoms with E-state index in [2.05, 4.69) is 28.5 Å². The lowest BCUT2D eigenvalue weighted by Crippen LogP contribution is -2.54. The largest absolute Gasteiger partial charge is 0.493 e. The van der Waals surface area contributed by atoms with Crippen molar-refractivity contribution in [3.05, 3.63) is 64.7 Å². The maximum absolute atomic E-state index is 13.3. The predicted molar refractivity (Wildman–Crippen MR) is 96.4 cm³/mol. The highest BCUT2D eigenvalue weighted by Gasteiger charge is 2.50. The zero-order valence-corrected chi connectivity index (χ0v) is 14.2. The minimum Gasteiger partial charge on any atom is -0.493 e. The van der Waals surface area contributed by atoms with Gasteiger partial charge in [-0.05, 0) is 36.0 Å². The van der Waals surface area contributed by atoms with Crippen LogP contribution in [0.1, 0.15) is 47.4 Å². The number of carbonyl (C=O) groups excluding carboxylic acids is 1. The Morgan fingerprint density at radius 1 is 1.16 bits per heavy atom. The van der Waals surface area contributed by atoms with Gasteiger partial charge in [-0.3, -0.25) is 9.79 Å². The Balaban J connectivity index is 1.81. The summed E-state index contributed by atoms with van der Waals surface area (Å²) in [5.74, 6) is 2.12. The summed E-state index contributed by atoms with van der Waals surface area (Å²) < 4.78 is 5.85. The number of fused-ring (bicyclic) bond motifs is 4. The second kappa shape index (κ2) is 5.19. The molecule has 2 aromatic carbocycles. The van der Waals surface area contributed by atoms with Crippen LogP contribution < -0.4 is 10.1 Å². The molecule has 25 heavy (non-hydrogen) atoms. The van der Waals surface area contributed by atoms with Gasteiger partial charge in [-0.15, -0.1) is 0 Å². The lowest BCUT2D eigenvalue weighted by Gasteiger charge is -2.42. The van der Waals surface area contributed by atoms with Crippen LogP contribution in [-0.4, -0.2) is 25.4 Å².